The second-order valence-electron chi connectivity index (χ2n) is 7.71. The van der Waals surface area contributed by atoms with E-state index in [2.05, 4.69) is 10.6 Å². The highest BCUT2D eigenvalue weighted by Crippen LogP contribution is 2.32. The summed E-state index contributed by atoms with van der Waals surface area (Å²) in [6.07, 6.45) is 1.07. The molecule has 7 heteroatoms. The lowest BCUT2D eigenvalue weighted by Crippen LogP contribution is -2.30. The van der Waals surface area contributed by atoms with E-state index in [1.54, 1.807) is 38.1 Å². The minimum absolute atomic E-state index is 0.0329. The van der Waals surface area contributed by atoms with Crippen molar-refractivity contribution in [1.29, 1.82) is 0 Å². The van der Waals surface area contributed by atoms with Gasteiger partial charge >= 0.3 is 0 Å². The molecule has 0 aromatic heterocycles. The Hall–Kier alpha value is -3.45. The predicted molar refractivity (Wildman–Crippen MR) is 130 cm³/mol. The molecule has 0 unspecified atom stereocenters. The first-order chi connectivity index (χ1) is 16.1. The molecule has 33 heavy (non-hydrogen) atoms. The van der Waals surface area contributed by atoms with E-state index in [4.69, 9.17) is 9.47 Å². The molecule has 4 rings (SSSR count). The number of carbonyl (C=O) groups excluding carboxylic acids is 2. The van der Waals surface area contributed by atoms with Gasteiger partial charge in [-0.2, -0.15) is 0 Å². The Morgan fingerprint density at radius 1 is 1.00 bits per heavy atom. The average Bonchev–Trinajstić information content (AvgIpc) is 3.04. The first kappa shape index (κ1) is 22.7. The Bertz CT molecular complexity index is 1130. The number of carbonyl (C=O) groups is 2. The van der Waals surface area contributed by atoms with Crippen molar-refractivity contribution in [2.45, 2.75) is 23.8 Å². The van der Waals surface area contributed by atoms with Crippen LogP contribution in [0, 0.1) is 0 Å². The zero-order valence-corrected chi connectivity index (χ0v) is 19.4. The molecule has 0 aliphatic carbocycles. The number of fused-ring (bicyclic) bond motifs is 1. The summed E-state index contributed by atoms with van der Waals surface area (Å²) in [5.74, 6) is 2.04. The number of nitrogens with one attached hydrogen (secondary N) is 2. The Morgan fingerprint density at radius 2 is 1.67 bits per heavy atom. The fraction of sp³-hybridized carbons (Fsp3) is 0.231. The van der Waals surface area contributed by atoms with E-state index in [9.17, 15) is 9.59 Å². The van der Waals surface area contributed by atoms with Crippen LogP contribution >= 0.6 is 11.8 Å². The number of benzene rings is 3. The van der Waals surface area contributed by atoms with Gasteiger partial charge in [0.15, 0.2) is 0 Å². The van der Waals surface area contributed by atoms with E-state index >= 15 is 0 Å². The van der Waals surface area contributed by atoms with Crippen molar-refractivity contribution in [3.8, 4) is 11.5 Å². The van der Waals surface area contributed by atoms with E-state index in [1.165, 1.54) is 0 Å². The van der Waals surface area contributed by atoms with E-state index in [0.29, 0.717) is 24.1 Å². The van der Waals surface area contributed by atoms with Gasteiger partial charge in [0.25, 0.3) is 5.91 Å². The summed E-state index contributed by atoms with van der Waals surface area (Å²) in [6, 6.07) is 20.7. The third kappa shape index (κ3) is 5.68. The quantitative estimate of drug-likeness (QED) is 0.525. The summed E-state index contributed by atoms with van der Waals surface area (Å²) in [4.78, 5) is 26.1. The van der Waals surface area contributed by atoms with Crippen molar-refractivity contribution < 1.29 is 19.1 Å². The van der Waals surface area contributed by atoms with Crippen molar-refractivity contribution in [1.82, 2.24) is 5.32 Å². The van der Waals surface area contributed by atoms with Crippen LogP contribution in [-0.2, 0) is 11.2 Å². The molecule has 6 nitrogen and oxygen atoms in total. The van der Waals surface area contributed by atoms with Crippen LogP contribution in [0.2, 0.25) is 0 Å². The molecule has 3 aromatic rings. The Labute approximate surface area is 197 Å². The van der Waals surface area contributed by atoms with Crippen molar-refractivity contribution in [3.63, 3.8) is 0 Å². The Balaban J connectivity index is 1.58. The molecular weight excluding hydrogens is 436 g/mol. The van der Waals surface area contributed by atoms with E-state index in [0.717, 1.165) is 33.3 Å². The minimum Gasteiger partial charge on any atom is -0.497 e. The van der Waals surface area contributed by atoms with Crippen molar-refractivity contribution in [2.75, 3.05) is 25.3 Å². The maximum absolute atomic E-state index is 13.2. The van der Waals surface area contributed by atoms with Gasteiger partial charge < -0.3 is 20.1 Å². The molecule has 170 valence electrons. The second-order valence-corrected chi connectivity index (χ2v) is 8.85. The third-order valence-corrected chi connectivity index (χ3v) is 6.60. The number of hydrogen-bond acceptors (Lipinski definition) is 5. The van der Waals surface area contributed by atoms with E-state index < -0.39 is 0 Å². The molecule has 1 aliphatic rings. The van der Waals surface area contributed by atoms with Crippen molar-refractivity contribution in [3.05, 3.63) is 83.4 Å². The van der Waals surface area contributed by atoms with Crippen LogP contribution in [0.3, 0.4) is 0 Å². The van der Waals surface area contributed by atoms with Crippen molar-refractivity contribution in [2.24, 2.45) is 0 Å². The highest BCUT2D eigenvalue weighted by molar-refractivity contribution is 7.99. The molecule has 0 saturated carbocycles. The highest BCUT2D eigenvalue weighted by atomic mass is 32.2. The summed E-state index contributed by atoms with van der Waals surface area (Å²) >= 11 is 1.62. The monoisotopic (exact) mass is 462 g/mol. The molecule has 0 bridgehead atoms. The van der Waals surface area contributed by atoms with E-state index in [1.807, 2.05) is 54.6 Å². The number of rotatable bonds is 7. The predicted octanol–water partition coefficient (Wildman–Crippen LogP) is 4.85. The average molecular weight is 463 g/mol. The lowest BCUT2D eigenvalue weighted by molar-refractivity contribution is -0.115. The first-order valence-corrected chi connectivity index (χ1v) is 11.7. The molecule has 1 heterocycles. The van der Waals surface area contributed by atoms with Crippen LogP contribution in [-0.4, -0.2) is 31.8 Å². The van der Waals surface area contributed by atoms with Gasteiger partial charge in [-0.15, -0.1) is 11.8 Å². The Kier molecular flexibility index (Phi) is 7.19. The smallest absolute Gasteiger partial charge is 0.251 e. The number of hydrogen-bond donors (Lipinski definition) is 2. The standard InChI is InChI=1S/C26H26N2O4S/c1-31-20-8-3-17(4-9-20)15-22(18-5-10-21(32-2)11-6-18)28-26(30)19-7-12-24-23(16-19)27-25(29)13-14-33-24/h3-12,16,22H,13-15H2,1-2H3,(H,27,29)(H,28,30)/t22-/m0/s1. The van der Waals surface area contributed by atoms with Gasteiger partial charge in [0, 0.05) is 22.6 Å². The summed E-state index contributed by atoms with van der Waals surface area (Å²) in [5.41, 5.74) is 3.23. The van der Waals surface area contributed by atoms with Crippen molar-refractivity contribution >= 4 is 29.3 Å². The Morgan fingerprint density at radius 3 is 2.33 bits per heavy atom. The number of ether oxygens (including phenoxy) is 2. The van der Waals surface area contributed by atoms with Crippen LogP contribution in [0.5, 0.6) is 11.5 Å². The molecule has 1 aliphatic heterocycles. The molecule has 0 radical (unpaired) electrons. The summed E-state index contributed by atoms with van der Waals surface area (Å²) in [5, 5.41) is 6.07. The van der Waals surface area contributed by atoms with E-state index in [-0.39, 0.29) is 17.9 Å². The molecule has 3 aromatic carbocycles. The van der Waals surface area contributed by atoms with Gasteiger partial charge in [-0.05, 0) is 60.0 Å². The molecule has 2 amide bonds. The fourth-order valence-electron chi connectivity index (χ4n) is 3.69. The topological polar surface area (TPSA) is 76.7 Å². The molecule has 2 N–H and O–H groups in total. The van der Waals surface area contributed by atoms with Gasteiger partial charge in [0.05, 0.1) is 25.9 Å². The third-order valence-electron chi connectivity index (χ3n) is 5.52. The van der Waals surface area contributed by atoms with Crippen LogP contribution in [0.1, 0.15) is 33.9 Å². The van der Waals surface area contributed by atoms with Crippen LogP contribution in [0.25, 0.3) is 0 Å². The van der Waals surface area contributed by atoms with Gasteiger partial charge in [-0.1, -0.05) is 24.3 Å². The second kappa shape index (κ2) is 10.4. The van der Waals surface area contributed by atoms with Crippen LogP contribution in [0.15, 0.2) is 71.6 Å². The maximum atomic E-state index is 13.2. The van der Waals surface area contributed by atoms with Crippen LogP contribution < -0.4 is 20.1 Å². The normalized spacial score (nSPS) is 13.8. The van der Waals surface area contributed by atoms with Crippen LogP contribution in [0.4, 0.5) is 5.69 Å². The van der Waals surface area contributed by atoms with Gasteiger partial charge in [-0.25, -0.2) is 0 Å². The largest absolute Gasteiger partial charge is 0.497 e. The molecule has 0 fully saturated rings. The number of amides is 2. The highest BCUT2D eigenvalue weighted by Gasteiger charge is 2.20. The minimum atomic E-state index is -0.250. The SMILES string of the molecule is COc1ccc(C[C@H](NC(=O)c2ccc3c(c2)NC(=O)CCS3)c2ccc(OC)cc2)cc1. The number of anilines is 1. The zero-order valence-electron chi connectivity index (χ0n) is 18.6. The molecule has 1 atom stereocenters. The zero-order chi connectivity index (χ0) is 23.2. The fourth-order valence-corrected chi connectivity index (χ4v) is 4.63. The maximum Gasteiger partial charge on any atom is 0.251 e. The lowest BCUT2D eigenvalue weighted by atomic mass is 9.98. The molecule has 0 spiro atoms. The molecular formula is C26H26N2O4S. The van der Waals surface area contributed by atoms with Gasteiger partial charge in [0.2, 0.25) is 5.91 Å². The summed E-state index contributed by atoms with van der Waals surface area (Å²) in [7, 11) is 3.26. The van der Waals surface area contributed by atoms with Gasteiger partial charge in [0.1, 0.15) is 11.5 Å². The first-order valence-electron chi connectivity index (χ1n) is 10.7. The summed E-state index contributed by atoms with van der Waals surface area (Å²) < 4.78 is 10.5. The lowest BCUT2D eigenvalue weighted by Gasteiger charge is -2.20. The number of thioether (sulfide) groups is 1. The molecule has 0 saturated heterocycles. The number of methoxy groups -OCH3 is 2. The van der Waals surface area contributed by atoms with Gasteiger partial charge in [-0.3, -0.25) is 9.59 Å². The summed E-state index contributed by atoms with van der Waals surface area (Å²) in [6.45, 7) is 0.